The van der Waals surface area contributed by atoms with Gasteiger partial charge in [0, 0.05) is 18.7 Å². The van der Waals surface area contributed by atoms with E-state index >= 15 is 0 Å². The SMILES string of the molecule is CC(C)(O)C(=O)c1ccc(COC(=O)NCCCCCCCCCCCCCCCCCCNC(=O)O)cc1. The third-order valence-electron chi connectivity index (χ3n) is 6.79. The van der Waals surface area contributed by atoms with Crippen molar-refractivity contribution in [3.8, 4) is 0 Å². The number of nitrogens with one attached hydrogen (secondary N) is 2. The molecule has 0 bridgehead atoms. The van der Waals surface area contributed by atoms with Gasteiger partial charge in [-0.3, -0.25) is 4.79 Å². The molecular weight excluding hydrogens is 496 g/mol. The molecular formula is C31H52N2O6. The molecule has 0 aliphatic carbocycles. The zero-order chi connectivity index (χ0) is 28.8. The minimum atomic E-state index is -1.41. The average Bonchev–Trinajstić information content (AvgIpc) is 2.90. The molecule has 2 amide bonds. The maximum absolute atomic E-state index is 12.0. The molecule has 0 saturated carbocycles. The summed E-state index contributed by atoms with van der Waals surface area (Å²) in [4.78, 5) is 34.3. The van der Waals surface area contributed by atoms with Gasteiger partial charge in [0.2, 0.25) is 0 Å². The van der Waals surface area contributed by atoms with Gasteiger partial charge in [0.15, 0.2) is 5.78 Å². The molecule has 0 spiro atoms. The van der Waals surface area contributed by atoms with Crippen LogP contribution in [0.1, 0.15) is 133 Å². The monoisotopic (exact) mass is 548 g/mol. The highest BCUT2D eigenvalue weighted by atomic mass is 16.5. The third-order valence-corrected chi connectivity index (χ3v) is 6.79. The number of Topliss-reactive ketones (excluding diaryl/α,β-unsaturated/α-hetero) is 1. The summed E-state index contributed by atoms with van der Waals surface area (Å²) in [6.45, 7) is 4.24. The van der Waals surface area contributed by atoms with Gasteiger partial charge in [-0.05, 0) is 32.3 Å². The molecule has 0 aliphatic heterocycles. The number of carbonyl (C=O) groups is 3. The molecule has 39 heavy (non-hydrogen) atoms. The highest BCUT2D eigenvalue weighted by Crippen LogP contribution is 2.15. The van der Waals surface area contributed by atoms with Crippen molar-refractivity contribution in [3.63, 3.8) is 0 Å². The summed E-state index contributed by atoms with van der Waals surface area (Å²) < 4.78 is 5.24. The van der Waals surface area contributed by atoms with Gasteiger partial charge < -0.3 is 25.6 Å². The first kappa shape index (κ1) is 34.4. The van der Waals surface area contributed by atoms with E-state index in [1.54, 1.807) is 24.3 Å². The lowest BCUT2D eigenvalue weighted by Gasteiger charge is -2.15. The Morgan fingerprint density at radius 2 is 1.05 bits per heavy atom. The van der Waals surface area contributed by atoms with Gasteiger partial charge in [-0.15, -0.1) is 0 Å². The second-order valence-electron chi connectivity index (χ2n) is 11.0. The number of benzene rings is 1. The molecule has 0 fully saturated rings. The van der Waals surface area contributed by atoms with Crippen LogP contribution in [0, 0.1) is 0 Å². The predicted octanol–water partition coefficient (Wildman–Crippen LogP) is 7.38. The van der Waals surface area contributed by atoms with Crippen molar-refractivity contribution in [1.82, 2.24) is 10.6 Å². The van der Waals surface area contributed by atoms with Crippen LogP contribution in [-0.4, -0.2) is 46.9 Å². The minimum Gasteiger partial charge on any atom is -0.465 e. The van der Waals surface area contributed by atoms with Gasteiger partial charge in [-0.25, -0.2) is 9.59 Å². The van der Waals surface area contributed by atoms with Gasteiger partial charge in [-0.1, -0.05) is 114 Å². The molecule has 0 saturated heterocycles. The van der Waals surface area contributed by atoms with Crippen molar-refractivity contribution in [2.45, 2.75) is 129 Å². The van der Waals surface area contributed by atoms with Crippen LogP contribution in [0.5, 0.6) is 0 Å². The molecule has 1 rings (SSSR count). The quantitative estimate of drug-likeness (QED) is 0.0835. The number of alkyl carbamates (subject to hydrolysis) is 1. The van der Waals surface area contributed by atoms with Crippen LogP contribution in [0.3, 0.4) is 0 Å². The maximum atomic E-state index is 12.0. The second kappa shape index (κ2) is 21.2. The van der Waals surface area contributed by atoms with Crippen molar-refractivity contribution in [3.05, 3.63) is 35.4 Å². The van der Waals surface area contributed by atoms with Crippen molar-refractivity contribution in [1.29, 1.82) is 0 Å². The molecule has 8 heteroatoms. The maximum Gasteiger partial charge on any atom is 0.407 e. The van der Waals surface area contributed by atoms with Crippen molar-refractivity contribution in [2.75, 3.05) is 13.1 Å². The highest BCUT2D eigenvalue weighted by molar-refractivity contribution is 6.01. The molecule has 0 heterocycles. The number of rotatable bonds is 23. The zero-order valence-electron chi connectivity index (χ0n) is 24.3. The molecule has 1 aromatic rings. The lowest BCUT2D eigenvalue weighted by atomic mass is 9.96. The topological polar surface area (TPSA) is 125 Å². The average molecular weight is 549 g/mol. The summed E-state index contributed by atoms with van der Waals surface area (Å²) in [5.41, 5.74) is -0.197. The Morgan fingerprint density at radius 3 is 1.44 bits per heavy atom. The predicted molar refractivity (Wildman–Crippen MR) is 155 cm³/mol. The second-order valence-corrected chi connectivity index (χ2v) is 11.0. The smallest absolute Gasteiger partial charge is 0.407 e. The van der Waals surface area contributed by atoms with Crippen molar-refractivity contribution in [2.24, 2.45) is 0 Å². The number of carbonyl (C=O) groups excluding carboxylic acids is 2. The number of carboxylic acid groups (broad SMARTS) is 1. The normalized spacial score (nSPS) is 11.3. The van der Waals surface area contributed by atoms with E-state index in [1.807, 2.05) is 0 Å². The first-order valence-electron chi connectivity index (χ1n) is 14.9. The summed E-state index contributed by atoms with van der Waals surface area (Å²) in [7, 11) is 0. The van der Waals surface area contributed by atoms with E-state index in [1.165, 1.54) is 90.9 Å². The van der Waals surface area contributed by atoms with Crippen LogP contribution in [0.4, 0.5) is 9.59 Å². The molecule has 8 nitrogen and oxygen atoms in total. The van der Waals surface area contributed by atoms with Crippen molar-refractivity contribution >= 4 is 18.0 Å². The Hall–Kier alpha value is -2.61. The van der Waals surface area contributed by atoms with E-state index in [0.29, 0.717) is 18.7 Å². The summed E-state index contributed by atoms with van der Waals surface area (Å²) in [5, 5.41) is 23.5. The van der Waals surface area contributed by atoms with Gasteiger partial charge >= 0.3 is 12.2 Å². The summed E-state index contributed by atoms with van der Waals surface area (Å²) in [6, 6.07) is 6.72. The minimum absolute atomic E-state index is 0.137. The molecule has 0 radical (unpaired) electrons. The van der Waals surface area contributed by atoms with E-state index in [-0.39, 0.29) is 12.4 Å². The van der Waals surface area contributed by atoms with E-state index in [4.69, 9.17) is 9.84 Å². The highest BCUT2D eigenvalue weighted by Gasteiger charge is 2.24. The number of aliphatic hydroxyl groups is 1. The Kier molecular flexibility index (Phi) is 18.7. The van der Waals surface area contributed by atoms with E-state index in [2.05, 4.69) is 10.6 Å². The first-order valence-corrected chi connectivity index (χ1v) is 14.9. The van der Waals surface area contributed by atoms with Crippen LogP contribution in [0.2, 0.25) is 0 Å². The lowest BCUT2D eigenvalue weighted by molar-refractivity contribution is 0.0488. The molecule has 0 aliphatic rings. The molecule has 1 aromatic carbocycles. The summed E-state index contributed by atoms with van der Waals surface area (Å²) in [5.74, 6) is -0.343. The summed E-state index contributed by atoms with van der Waals surface area (Å²) in [6.07, 6.45) is 18.1. The molecule has 0 aromatic heterocycles. The fraction of sp³-hybridized carbons (Fsp3) is 0.710. The van der Waals surface area contributed by atoms with Crippen LogP contribution in [0.25, 0.3) is 0 Å². The number of amides is 2. The number of ketones is 1. The van der Waals surface area contributed by atoms with Crippen LogP contribution < -0.4 is 10.6 Å². The number of hydrogen-bond acceptors (Lipinski definition) is 5. The van der Waals surface area contributed by atoms with Gasteiger partial charge in [0.05, 0.1) is 0 Å². The lowest BCUT2D eigenvalue weighted by Crippen LogP contribution is -2.31. The Labute approximate surface area is 235 Å². The Morgan fingerprint density at radius 1 is 0.667 bits per heavy atom. The number of hydrogen-bond donors (Lipinski definition) is 4. The Balaban J connectivity index is 1.85. The molecule has 222 valence electrons. The Bertz CT molecular complexity index is 804. The standard InChI is InChI=1S/C31H52N2O6/c1-31(2,38)28(34)27-21-19-26(20-22-27)25-39-30(37)33-24-18-16-14-12-10-8-6-4-3-5-7-9-11-13-15-17-23-32-29(35)36/h19-22,32,38H,3-18,23-25H2,1-2H3,(H,33,37)(H,35,36). The van der Waals surface area contributed by atoms with Crippen LogP contribution >= 0.6 is 0 Å². The summed E-state index contributed by atoms with van der Waals surface area (Å²) >= 11 is 0. The third kappa shape index (κ3) is 19.2. The van der Waals surface area contributed by atoms with E-state index < -0.39 is 17.8 Å². The fourth-order valence-corrected chi connectivity index (χ4v) is 4.42. The van der Waals surface area contributed by atoms with Crippen LogP contribution in [0.15, 0.2) is 24.3 Å². The van der Waals surface area contributed by atoms with Crippen LogP contribution in [-0.2, 0) is 11.3 Å². The molecule has 4 N–H and O–H groups in total. The van der Waals surface area contributed by atoms with Gasteiger partial charge in [-0.2, -0.15) is 0 Å². The molecule has 0 unspecified atom stereocenters. The fourth-order valence-electron chi connectivity index (χ4n) is 4.42. The zero-order valence-corrected chi connectivity index (χ0v) is 24.3. The number of ether oxygens (including phenoxy) is 1. The first-order chi connectivity index (χ1) is 18.7. The number of unbranched alkanes of at least 4 members (excludes halogenated alkanes) is 15. The van der Waals surface area contributed by atoms with Gasteiger partial charge in [0.25, 0.3) is 0 Å². The largest absolute Gasteiger partial charge is 0.465 e. The van der Waals surface area contributed by atoms with E-state index in [0.717, 1.165) is 31.2 Å². The van der Waals surface area contributed by atoms with Gasteiger partial charge in [0.1, 0.15) is 12.2 Å². The van der Waals surface area contributed by atoms with E-state index in [9.17, 15) is 19.5 Å². The molecule has 0 atom stereocenters. The van der Waals surface area contributed by atoms with Crippen molar-refractivity contribution < 1.29 is 29.3 Å².